The van der Waals surface area contributed by atoms with Crippen molar-refractivity contribution in [2.24, 2.45) is 5.73 Å². The molecule has 0 spiro atoms. The first-order valence-corrected chi connectivity index (χ1v) is 10.3. The summed E-state index contributed by atoms with van der Waals surface area (Å²) in [5, 5.41) is 0. The molecule has 1 fully saturated rings. The van der Waals surface area contributed by atoms with Gasteiger partial charge in [0.15, 0.2) is 0 Å². The predicted molar refractivity (Wildman–Crippen MR) is 121 cm³/mol. The SMILES string of the molecule is COc1ccc(OCC[N+]2(CCOc3ccc(OC)cc3)CCC[C@H](N)C2)cc1.Cl.[Cl-]. The highest BCUT2D eigenvalue weighted by Gasteiger charge is 2.33. The Hall–Kier alpha value is -1.86. The van der Waals surface area contributed by atoms with Crippen LogP contribution in [0.1, 0.15) is 12.8 Å². The van der Waals surface area contributed by atoms with Crippen molar-refractivity contribution in [3.05, 3.63) is 48.5 Å². The highest BCUT2D eigenvalue weighted by molar-refractivity contribution is 5.85. The van der Waals surface area contributed by atoms with Crippen LogP contribution in [0, 0.1) is 0 Å². The Morgan fingerprint density at radius 2 is 1.23 bits per heavy atom. The number of hydrogen-bond acceptors (Lipinski definition) is 5. The van der Waals surface area contributed by atoms with Gasteiger partial charge in [-0.3, -0.25) is 0 Å². The quantitative estimate of drug-likeness (QED) is 0.510. The maximum Gasteiger partial charge on any atom is 0.137 e. The minimum Gasteiger partial charge on any atom is -1.00 e. The van der Waals surface area contributed by atoms with Crippen LogP contribution < -0.4 is 37.1 Å². The molecule has 1 saturated heterocycles. The van der Waals surface area contributed by atoms with Gasteiger partial charge >= 0.3 is 0 Å². The summed E-state index contributed by atoms with van der Waals surface area (Å²) in [6, 6.07) is 15.7. The van der Waals surface area contributed by atoms with Gasteiger partial charge in [0.2, 0.25) is 0 Å². The summed E-state index contributed by atoms with van der Waals surface area (Å²) in [6.07, 6.45) is 2.24. The molecule has 1 heterocycles. The van der Waals surface area contributed by atoms with E-state index in [9.17, 15) is 0 Å². The lowest BCUT2D eigenvalue weighted by atomic mass is 10.0. The second-order valence-corrected chi connectivity index (χ2v) is 7.65. The second kappa shape index (κ2) is 13.5. The van der Waals surface area contributed by atoms with Crippen molar-refractivity contribution in [1.82, 2.24) is 0 Å². The van der Waals surface area contributed by atoms with Gasteiger partial charge in [0.1, 0.15) is 49.3 Å². The van der Waals surface area contributed by atoms with Gasteiger partial charge in [-0.25, -0.2) is 0 Å². The number of ether oxygens (including phenoxy) is 4. The number of likely N-dealkylation sites (tertiary alicyclic amines) is 1. The lowest BCUT2D eigenvalue weighted by Crippen LogP contribution is -3.00. The minimum absolute atomic E-state index is 0. The van der Waals surface area contributed by atoms with Gasteiger partial charge < -0.3 is 41.6 Å². The minimum atomic E-state index is 0. The zero-order valence-electron chi connectivity index (χ0n) is 18.3. The Bertz CT molecular complexity index is 691. The van der Waals surface area contributed by atoms with Crippen LogP contribution in [-0.4, -0.2) is 64.1 Å². The van der Waals surface area contributed by atoms with Crippen molar-refractivity contribution >= 4 is 12.4 Å². The van der Waals surface area contributed by atoms with Crippen LogP contribution in [0.5, 0.6) is 23.0 Å². The van der Waals surface area contributed by atoms with Crippen LogP contribution in [0.15, 0.2) is 48.5 Å². The number of benzene rings is 2. The fourth-order valence-corrected chi connectivity index (χ4v) is 3.95. The van der Waals surface area contributed by atoms with E-state index in [0.717, 1.165) is 66.5 Å². The largest absolute Gasteiger partial charge is 1.00 e. The smallest absolute Gasteiger partial charge is 0.137 e. The van der Waals surface area contributed by atoms with Gasteiger partial charge in [-0.1, -0.05) is 0 Å². The molecule has 2 aromatic carbocycles. The molecule has 2 N–H and O–H groups in total. The summed E-state index contributed by atoms with van der Waals surface area (Å²) in [7, 11) is 3.33. The van der Waals surface area contributed by atoms with E-state index < -0.39 is 0 Å². The van der Waals surface area contributed by atoms with Crippen molar-refractivity contribution in [1.29, 1.82) is 0 Å². The highest BCUT2D eigenvalue weighted by Crippen LogP contribution is 2.21. The molecule has 0 aromatic heterocycles. The number of methoxy groups -OCH3 is 2. The molecule has 0 bridgehead atoms. The molecule has 174 valence electrons. The monoisotopic (exact) mass is 472 g/mol. The summed E-state index contributed by atoms with van der Waals surface area (Å²) >= 11 is 0. The molecule has 0 aliphatic carbocycles. The number of quaternary nitrogens is 1. The van der Waals surface area contributed by atoms with Crippen molar-refractivity contribution in [2.75, 3.05) is 53.6 Å². The maximum absolute atomic E-state index is 6.31. The van der Waals surface area contributed by atoms with Gasteiger partial charge in [0.25, 0.3) is 0 Å². The maximum atomic E-state index is 6.31. The first kappa shape index (κ1) is 27.2. The standard InChI is InChI=1S/C23H33N2O4.2ClH/c1-26-20-5-9-22(10-6-20)28-16-14-25(13-3-4-19(24)18-25)15-17-29-23-11-7-21(27-2)8-12-23;;/h5-12,19H,3-4,13-18,24H2,1-2H3;2*1H/q+1;;/p-1/t19-;;/m0../s1. The van der Waals surface area contributed by atoms with E-state index in [-0.39, 0.29) is 30.9 Å². The van der Waals surface area contributed by atoms with E-state index in [1.807, 2.05) is 48.5 Å². The van der Waals surface area contributed by atoms with Gasteiger partial charge in [-0.15, -0.1) is 12.4 Å². The fraction of sp³-hybridized carbons (Fsp3) is 0.478. The molecular formula is C23H34Cl2N2O4. The van der Waals surface area contributed by atoms with E-state index in [4.69, 9.17) is 24.7 Å². The molecular weight excluding hydrogens is 439 g/mol. The zero-order chi connectivity index (χ0) is 20.5. The van der Waals surface area contributed by atoms with Crippen molar-refractivity contribution in [2.45, 2.75) is 18.9 Å². The lowest BCUT2D eigenvalue weighted by molar-refractivity contribution is -0.933. The number of halogens is 2. The van der Waals surface area contributed by atoms with E-state index in [0.29, 0.717) is 13.2 Å². The third-order valence-electron chi connectivity index (χ3n) is 5.62. The number of nitrogens with two attached hydrogens (primary N) is 1. The molecule has 0 unspecified atom stereocenters. The Morgan fingerprint density at radius 1 is 0.806 bits per heavy atom. The number of rotatable bonds is 10. The molecule has 3 rings (SSSR count). The molecule has 0 amide bonds. The van der Waals surface area contributed by atoms with Crippen LogP contribution in [0.4, 0.5) is 0 Å². The normalized spacial score (nSPS) is 16.9. The van der Waals surface area contributed by atoms with Crippen LogP contribution in [-0.2, 0) is 0 Å². The topological polar surface area (TPSA) is 62.9 Å². The van der Waals surface area contributed by atoms with E-state index in [1.54, 1.807) is 14.2 Å². The number of hydrogen-bond donors (Lipinski definition) is 1. The molecule has 0 radical (unpaired) electrons. The van der Waals surface area contributed by atoms with Crippen molar-refractivity contribution < 1.29 is 35.8 Å². The van der Waals surface area contributed by atoms with Crippen molar-refractivity contribution in [3.8, 4) is 23.0 Å². The number of nitrogens with zero attached hydrogens (tertiary/aromatic N) is 1. The third kappa shape index (κ3) is 8.30. The van der Waals surface area contributed by atoms with Crippen LogP contribution in [0.2, 0.25) is 0 Å². The summed E-state index contributed by atoms with van der Waals surface area (Å²) in [4.78, 5) is 0. The molecule has 2 aromatic rings. The Kier molecular flexibility index (Phi) is 11.9. The van der Waals surface area contributed by atoms with Crippen LogP contribution in [0.3, 0.4) is 0 Å². The Balaban J connectivity index is 0.00000240. The molecule has 0 saturated carbocycles. The van der Waals surface area contributed by atoms with E-state index in [2.05, 4.69) is 0 Å². The van der Waals surface area contributed by atoms with E-state index >= 15 is 0 Å². The van der Waals surface area contributed by atoms with E-state index in [1.165, 1.54) is 0 Å². The van der Waals surface area contributed by atoms with Gasteiger partial charge in [0.05, 0.1) is 33.4 Å². The first-order valence-electron chi connectivity index (χ1n) is 10.3. The highest BCUT2D eigenvalue weighted by atomic mass is 35.5. The summed E-state index contributed by atoms with van der Waals surface area (Å²) in [5.74, 6) is 3.39. The second-order valence-electron chi connectivity index (χ2n) is 7.65. The first-order chi connectivity index (χ1) is 14.1. The van der Waals surface area contributed by atoms with Gasteiger partial charge in [0, 0.05) is 0 Å². The fourth-order valence-electron chi connectivity index (χ4n) is 3.95. The summed E-state index contributed by atoms with van der Waals surface area (Å²) in [5.41, 5.74) is 6.31. The summed E-state index contributed by atoms with van der Waals surface area (Å²) in [6.45, 7) is 5.24. The molecule has 31 heavy (non-hydrogen) atoms. The average Bonchev–Trinajstić information content (AvgIpc) is 2.75. The average molecular weight is 473 g/mol. The molecule has 6 nitrogen and oxygen atoms in total. The lowest BCUT2D eigenvalue weighted by Gasteiger charge is -2.43. The zero-order valence-corrected chi connectivity index (χ0v) is 19.9. The van der Waals surface area contributed by atoms with Crippen molar-refractivity contribution in [3.63, 3.8) is 0 Å². The Morgan fingerprint density at radius 3 is 1.61 bits per heavy atom. The number of piperidine rings is 1. The molecule has 8 heteroatoms. The molecule has 1 aliphatic rings. The Labute approximate surface area is 198 Å². The van der Waals surface area contributed by atoms with Gasteiger partial charge in [-0.2, -0.15) is 0 Å². The molecule has 1 atom stereocenters. The van der Waals surface area contributed by atoms with Gasteiger partial charge in [-0.05, 0) is 61.4 Å². The van der Waals surface area contributed by atoms with Crippen LogP contribution in [0.25, 0.3) is 0 Å². The van der Waals surface area contributed by atoms with Crippen LogP contribution >= 0.6 is 12.4 Å². The third-order valence-corrected chi connectivity index (χ3v) is 5.62. The molecule has 1 aliphatic heterocycles. The predicted octanol–water partition coefficient (Wildman–Crippen LogP) is 0.525. The summed E-state index contributed by atoms with van der Waals surface area (Å²) < 4.78 is 23.3.